The van der Waals surface area contributed by atoms with Crippen LogP contribution < -0.4 is 4.74 Å². The smallest absolute Gasteiger partial charge is 0.438 e. The van der Waals surface area contributed by atoms with Crippen molar-refractivity contribution < 1.29 is 27.8 Å². The Kier molecular flexibility index (Phi) is 6.89. The van der Waals surface area contributed by atoms with Crippen LogP contribution in [0.25, 0.3) is 0 Å². The molecule has 0 fully saturated rings. The van der Waals surface area contributed by atoms with Crippen LogP contribution in [0.3, 0.4) is 0 Å². The Balaban J connectivity index is 2.24. The first-order chi connectivity index (χ1) is 12.8. The summed E-state index contributed by atoms with van der Waals surface area (Å²) >= 11 is 11.8. The van der Waals surface area contributed by atoms with Gasteiger partial charge in [-0.15, -0.1) is 0 Å². The highest BCUT2D eigenvalue weighted by Gasteiger charge is 2.63. The molecule has 0 radical (unpaired) electrons. The van der Waals surface area contributed by atoms with Crippen LogP contribution in [0.15, 0.2) is 23.3 Å². The zero-order chi connectivity index (χ0) is 21.3. The van der Waals surface area contributed by atoms with Gasteiger partial charge in [-0.3, -0.25) is 4.79 Å². The van der Waals surface area contributed by atoms with Crippen molar-refractivity contribution in [2.24, 2.45) is 11.0 Å². The van der Waals surface area contributed by atoms with Crippen LogP contribution in [0.5, 0.6) is 5.75 Å². The monoisotopic (exact) mass is 440 g/mol. The zero-order valence-electron chi connectivity index (χ0n) is 15.6. The van der Waals surface area contributed by atoms with E-state index in [1.165, 1.54) is 25.1 Å². The quantitative estimate of drug-likeness (QED) is 0.673. The van der Waals surface area contributed by atoms with E-state index in [0.29, 0.717) is 11.4 Å². The third kappa shape index (κ3) is 4.90. The van der Waals surface area contributed by atoms with Gasteiger partial charge in [0, 0.05) is 17.2 Å². The molecule has 28 heavy (non-hydrogen) atoms. The molecule has 2 rings (SSSR count). The lowest BCUT2D eigenvalue weighted by Crippen LogP contribution is -2.58. The molecule has 10 heteroatoms. The summed E-state index contributed by atoms with van der Waals surface area (Å²) in [5.41, 5.74) is -3.30. The number of aliphatic hydroxyl groups is 1. The number of rotatable bonds is 6. The summed E-state index contributed by atoms with van der Waals surface area (Å²) in [5.74, 6) is -0.822. The maximum atomic E-state index is 13.5. The zero-order valence-corrected chi connectivity index (χ0v) is 17.1. The van der Waals surface area contributed by atoms with E-state index in [-0.39, 0.29) is 33.8 Å². The highest BCUT2D eigenvalue weighted by atomic mass is 35.5. The molecule has 0 saturated carbocycles. The number of alkyl halides is 3. The normalized spacial score (nSPS) is 21.1. The van der Waals surface area contributed by atoms with Gasteiger partial charge in [0.2, 0.25) is 0 Å². The Labute approximate surface area is 171 Å². The van der Waals surface area contributed by atoms with Gasteiger partial charge in [0.1, 0.15) is 5.75 Å². The third-order valence-corrected chi connectivity index (χ3v) is 4.79. The van der Waals surface area contributed by atoms with E-state index in [2.05, 4.69) is 5.10 Å². The van der Waals surface area contributed by atoms with Crippen molar-refractivity contribution in [3.8, 4) is 5.75 Å². The minimum Gasteiger partial charge on any atom is -0.479 e. The highest BCUT2D eigenvalue weighted by molar-refractivity contribution is 6.35. The maximum absolute atomic E-state index is 13.5. The van der Waals surface area contributed by atoms with Gasteiger partial charge >= 0.3 is 6.18 Å². The minimum atomic E-state index is -5.08. The Hall–Kier alpha value is -1.51. The van der Waals surface area contributed by atoms with Crippen molar-refractivity contribution in [2.45, 2.75) is 58.0 Å². The first-order valence-corrected chi connectivity index (χ1v) is 9.42. The van der Waals surface area contributed by atoms with E-state index in [4.69, 9.17) is 27.9 Å². The molecule has 0 spiro atoms. The predicted molar refractivity (Wildman–Crippen MR) is 101 cm³/mol. The van der Waals surface area contributed by atoms with Crippen molar-refractivity contribution in [3.05, 3.63) is 28.2 Å². The van der Waals surface area contributed by atoms with Gasteiger partial charge < -0.3 is 9.84 Å². The lowest BCUT2D eigenvalue weighted by Gasteiger charge is -2.33. The highest BCUT2D eigenvalue weighted by Crippen LogP contribution is 2.41. The van der Waals surface area contributed by atoms with Crippen LogP contribution in [-0.2, 0) is 4.79 Å². The molecule has 0 aliphatic carbocycles. The van der Waals surface area contributed by atoms with E-state index >= 15 is 0 Å². The summed E-state index contributed by atoms with van der Waals surface area (Å²) < 4.78 is 46.0. The molecule has 2 atom stereocenters. The first kappa shape index (κ1) is 22.8. The first-order valence-electron chi connectivity index (χ1n) is 8.66. The molecular weight excluding hydrogens is 420 g/mol. The number of carbonyl (C=O) groups excluding carboxylic acids is 1. The van der Waals surface area contributed by atoms with E-state index < -0.39 is 30.3 Å². The van der Waals surface area contributed by atoms with E-state index in [9.17, 15) is 23.1 Å². The maximum Gasteiger partial charge on any atom is 0.438 e. The fraction of sp³-hybridized carbons (Fsp3) is 0.556. The van der Waals surface area contributed by atoms with Crippen LogP contribution in [-0.4, -0.2) is 39.7 Å². The minimum absolute atomic E-state index is 0.0747. The number of hydrogen-bond acceptors (Lipinski definition) is 4. The Morgan fingerprint density at radius 2 is 2.00 bits per heavy atom. The third-order valence-electron chi connectivity index (χ3n) is 4.26. The standard InChI is InChI=1S/C18H21Cl2F3N2O3/c1-10(2)4-6-13-9-17(27,18(21,22)23)25(24-13)16(26)11(3)28-15-7-5-12(19)8-14(15)20/h5,7-8,10-11,27H,4,6,9H2,1-3H3/t11-,17+/m1/s1. The number of halogens is 5. The molecule has 1 aromatic carbocycles. The summed E-state index contributed by atoms with van der Waals surface area (Å²) in [6.45, 7) is 5.09. The average Bonchev–Trinajstić information content (AvgIpc) is 2.92. The number of ether oxygens (including phenoxy) is 1. The SMILES string of the molecule is CC(C)CCC1=NN(C(=O)[C@@H](C)Oc2ccc(Cl)cc2Cl)[C@@](O)(C(F)(F)F)C1. The lowest BCUT2D eigenvalue weighted by molar-refractivity contribution is -0.303. The predicted octanol–water partition coefficient (Wildman–Crippen LogP) is 5.04. The number of benzene rings is 1. The van der Waals surface area contributed by atoms with Gasteiger partial charge in [-0.1, -0.05) is 37.0 Å². The second-order valence-corrected chi connectivity index (χ2v) is 7.92. The fourth-order valence-corrected chi connectivity index (χ4v) is 3.10. The van der Waals surface area contributed by atoms with Crippen LogP contribution in [0, 0.1) is 5.92 Å². The Morgan fingerprint density at radius 1 is 1.36 bits per heavy atom. The molecule has 0 unspecified atom stereocenters. The van der Waals surface area contributed by atoms with Crippen LogP contribution >= 0.6 is 23.2 Å². The Bertz CT molecular complexity index is 771. The van der Waals surface area contributed by atoms with Crippen molar-refractivity contribution >= 4 is 34.8 Å². The molecule has 1 N–H and O–H groups in total. The topological polar surface area (TPSA) is 62.1 Å². The molecule has 1 aromatic rings. The van der Waals surface area contributed by atoms with E-state index in [1.807, 2.05) is 13.8 Å². The second kappa shape index (κ2) is 8.47. The van der Waals surface area contributed by atoms with Crippen LogP contribution in [0.1, 0.15) is 40.0 Å². The summed E-state index contributed by atoms with van der Waals surface area (Å²) in [5, 5.41) is 14.6. The second-order valence-electron chi connectivity index (χ2n) is 7.07. The summed E-state index contributed by atoms with van der Waals surface area (Å²) in [6.07, 6.45) is -6.41. The van der Waals surface area contributed by atoms with Crippen LogP contribution in [0.4, 0.5) is 13.2 Å². The molecular formula is C18H21Cl2F3N2O3. The van der Waals surface area contributed by atoms with Gasteiger partial charge in [0.25, 0.3) is 11.6 Å². The van der Waals surface area contributed by atoms with Gasteiger partial charge in [-0.2, -0.15) is 23.3 Å². The number of carbonyl (C=O) groups is 1. The summed E-state index contributed by atoms with van der Waals surface area (Å²) in [7, 11) is 0. The molecule has 0 saturated heterocycles. The molecule has 0 aromatic heterocycles. The van der Waals surface area contributed by atoms with Crippen molar-refractivity contribution in [3.63, 3.8) is 0 Å². The molecule has 5 nitrogen and oxygen atoms in total. The van der Waals surface area contributed by atoms with Crippen molar-refractivity contribution in [1.29, 1.82) is 0 Å². The van der Waals surface area contributed by atoms with Gasteiger partial charge in [-0.05, 0) is 43.9 Å². The number of nitrogens with zero attached hydrogens (tertiary/aromatic N) is 2. The Morgan fingerprint density at radius 3 is 2.54 bits per heavy atom. The number of hydrazone groups is 1. The largest absolute Gasteiger partial charge is 0.479 e. The van der Waals surface area contributed by atoms with Gasteiger partial charge in [0.15, 0.2) is 6.10 Å². The van der Waals surface area contributed by atoms with E-state index in [1.54, 1.807) is 0 Å². The number of hydrogen-bond donors (Lipinski definition) is 1. The molecule has 0 bridgehead atoms. The molecule has 1 amide bonds. The molecule has 1 aliphatic rings. The van der Waals surface area contributed by atoms with Gasteiger partial charge in [0.05, 0.1) is 5.02 Å². The summed E-state index contributed by atoms with van der Waals surface area (Å²) in [6, 6.07) is 4.23. The van der Waals surface area contributed by atoms with Crippen LogP contribution in [0.2, 0.25) is 10.0 Å². The number of amides is 1. The fourth-order valence-electron chi connectivity index (χ4n) is 2.65. The van der Waals surface area contributed by atoms with Gasteiger partial charge in [-0.25, -0.2) is 0 Å². The summed E-state index contributed by atoms with van der Waals surface area (Å²) in [4.78, 5) is 12.6. The molecule has 156 valence electrons. The molecule has 1 aliphatic heterocycles. The molecule has 1 heterocycles. The van der Waals surface area contributed by atoms with E-state index in [0.717, 1.165) is 0 Å². The lowest BCUT2D eigenvalue weighted by atomic mass is 9.99. The van der Waals surface area contributed by atoms with Crippen molar-refractivity contribution in [2.75, 3.05) is 0 Å². The average molecular weight is 441 g/mol. The van der Waals surface area contributed by atoms with Crippen molar-refractivity contribution in [1.82, 2.24) is 5.01 Å².